The topological polar surface area (TPSA) is 20.2 Å². The molecule has 0 aromatic carbocycles. The van der Waals surface area contributed by atoms with E-state index in [-0.39, 0.29) is 6.10 Å². The van der Waals surface area contributed by atoms with Gasteiger partial charge in [0.1, 0.15) is 0 Å². The molecule has 1 nitrogen and oxygen atoms in total. The number of hydrogen-bond acceptors (Lipinski definition) is 1. The first-order chi connectivity index (χ1) is 5.89. The molecule has 0 bridgehead atoms. The van der Waals surface area contributed by atoms with E-state index in [2.05, 4.69) is 5.73 Å². The number of aliphatic hydroxyl groups excluding tert-OH is 1. The molecule has 0 spiro atoms. The van der Waals surface area contributed by atoms with Gasteiger partial charge >= 0.3 is 0 Å². The fourth-order valence-electron chi connectivity index (χ4n) is 1.48. The zero-order chi connectivity index (χ0) is 8.65. The van der Waals surface area contributed by atoms with E-state index in [1.807, 2.05) is 6.08 Å². The maximum Gasteiger partial charge on any atom is 0.0794 e. The van der Waals surface area contributed by atoms with Crippen LogP contribution in [0.3, 0.4) is 0 Å². The molecule has 0 radical (unpaired) electrons. The van der Waals surface area contributed by atoms with E-state index in [0.29, 0.717) is 0 Å². The van der Waals surface area contributed by atoms with Gasteiger partial charge in [0.05, 0.1) is 6.10 Å². The lowest BCUT2D eigenvalue weighted by Crippen LogP contribution is -2.00. The van der Waals surface area contributed by atoms with Gasteiger partial charge in [-0.1, -0.05) is 25.7 Å². The third-order valence-corrected chi connectivity index (χ3v) is 2.25. The second-order valence-electron chi connectivity index (χ2n) is 3.45. The van der Waals surface area contributed by atoms with Gasteiger partial charge in [-0.3, -0.25) is 0 Å². The standard InChI is InChI=1S/C11H18O/c12-11-9-7-5-3-1-2-4-6-8-10-11/h5,9,11-12H,1-4,6,8,10H2. The van der Waals surface area contributed by atoms with Gasteiger partial charge in [-0.15, -0.1) is 5.73 Å². The van der Waals surface area contributed by atoms with Crippen molar-refractivity contribution in [1.82, 2.24) is 0 Å². The summed E-state index contributed by atoms with van der Waals surface area (Å²) in [6, 6.07) is 0. The predicted octanol–water partition coefficient (Wildman–Crippen LogP) is 2.80. The summed E-state index contributed by atoms with van der Waals surface area (Å²) in [5.74, 6) is 0. The summed E-state index contributed by atoms with van der Waals surface area (Å²) in [4.78, 5) is 0. The molecule has 1 aliphatic carbocycles. The van der Waals surface area contributed by atoms with E-state index in [1.165, 1.54) is 25.7 Å². The van der Waals surface area contributed by atoms with Gasteiger partial charge in [0, 0.05) is 0 Å². The fraction of sp³-hybridized carbons (Fsp3) is 0.727. The monoisotopic (exact) mass is 166 g/mol. The molecule has 1 aliphatic rings. The van der Waals surface area contributed by atoms with Gasteiger partial charge < -0.3 is 5.11 Å². The summed E-state index contributed by atoms with van der Waals surface area (Å²) in [5, 5.41) is 9.38. The van der Waals surface area contributed by atoms with Crippen molar-refractivity contribution in [2.45, 2.75) is 51.0 Å². The summed E-state index contributed by atoms with van der Waals surface area (Å²) in [5.41, 5.74) is 3.03. The molecule has 0 aromatic rings. The van der Waals surface area contributed by atoms with E-state index < -0.39 is 0 Å². The lowest BCUT2D eigenvalue weighted by atomic mass is 10.1. The minimum Gasteiger partial charge on any atom is -0.388 e. The highest BCUT2D eigenvalue weighted by atomic mass is 16.3. The van der Waals surface area contributed by atoms with Gasteiger partial charge in [-0.25, -0.2) is 0 Å². The van der Waals surface area contributed by atoms with Crippen LogP contribution in [-0.4, -0.2) is 11.2 Å². The third-order valence-electron chi connectivity index (χ3n) is 2.25. The summed E-state index contributed by atoms with van der Waals surface area (Å²) in [7, 11) is 0. The first kappa shape index (κ1) is 9.57. The molecule has 0 saturated heterocycles. The molecule has 0 amide bonds. The van der Waals surface area contributed by atoms with Crippen LogP contribution < -0.4 is 0 Å². The molecule has 68 valence electrons. The molecule has 1 N–H and O–H groups in total. The molecule has 1 unspecified atom stereocenters. The fourth-order valence-corrected chi connectivity index (χ4v) is 1.48. The van der Waals surface area contributed by atoms with Crippen LogP contribution >= 0.6 is 0 Å². The van der Waals surface area contributed by atoms with Crippen molar-refractivity contribution in [2.75, 3.05) is 0 Å². The Balaban J connectivity index is 2.35. The maximum absolute atomic E-state index is 9.38. The summed E-state index contributed by atoms with van der Waals surface area (Å²) < 4.78 is 0. The van der Waals surface area contributed by atoms with E-state index >= 15 is 0 Å². The van der Waals surface area contributed by atoms with Crippen molar-refractivity contribution in [3.05, 3.63) is 17.9 Å². The second-order valence-corrected chi connectivity index (χ2v) is 3.45. The largest absolute Gasteiger partial charge is 0.388 e. The molecule has 0 fully saturated rings. The van der Waals surface area contributed by atoms with Crippen molar-refractivity contribution in [1.29, 1.82) is 0 Å². The molecule has 0 aromatic heterocycles. The third kappa shape index (κ3) is 4.38. The van der Waals surface area contributed by atoms with Gasteiger partial charge in [0.25, 0.3) is 0 Å². The van der Waals surface area contributed by atoms with Crippen molar-refractivity contribution in [3.8, 4) is 0 Å². The Labute approximate surface area is 74.8 Å². The highest BCUT2D eigenvalue weighted by molar-refractivity contribution is 4.90. The summed E-state index contributed by atoms with van der Waals surface area (Å²) in [6.07, 6.45) is 11.9. The van der Waals surface area contributed by atoms with Crippen molar-refractivity contribution < 1.29 is 5.11 Å². The van der Waals surface area contributed by atoms with Gasteiger partial charge in [0.2, 0.25) is 0 Å². The van der Waals surface area contributed by atoms with Gasteiger partial charge in [0.15, 0.2) is 0 Å². The Bertz CT molecular complexity index is 166. The Morgan fingerprint density at radius 2 is 1.83 bits per heavy atom. The van der Waals surface area contributed by atoms with Crippen LogP contribution in [0.15, 0.2) is 17.9 Å². The van der Waals surface area contributed by atoms with E-state index in [0.717, 1.165) is 19.3 Å². The minimum absolute atomic E-state index is 0.264. The van der Waals surface area contributed by atoms with Crippen molar-refractivity contribution in [2.24, 2.45) is 0 Å². The van der Waals surface area contributed by atoms with E-state index in [4.69, 9.17) is 0 Å². The Morgan fingerprint density at radius 1 is 1.08 bits per heavy atom. The smallest absolute Gasteiger partial charge is 0.0794 e. The lowest BCUT2D eigenvalue weighted by molar-refractivity contribution is 0.208. The van der Waals surface area contributed by atoms with Crippen LogP contribution in [0.25, 0.3) is 0 Å². The second kappa shape index (κ2) is 6.05. The average Bonchev–Trinajstić information content (AvgIpc) is 2.11. The molecule has 12 heavy (non-hydrogen) atoms. The normalized spacial score (nSPS) is 26.6. The molecule has 1 rings (SSSR count). The van der Waals surface area contributed by atoms with E-state index in [1.54, 1.807) is 6.08 Å². The summed E-state index contributed by atoms with van der Waals surface area (Å²) in [6.45, 7) is 0. The van der Waals surface area contributed by atoms with Crippen LogP contribution in [0.2, 0.25) is 0 Å². The number of rotatable bonds is 0. The number of aliphatic hydroxyl groups is 1. The molecule has 0 heterocycles. The first-order valence-corrected chi connectivity index (χ1v) is 4.99. The molecule has 1 heteroatoms. The predicted molar refractivity (Wildman–Crippen MR) is 51.0 cm³/mol. The maximum atomic E-state index is 9.38. The Morgan fingerprint density at radius 3 is 2.75 bits per heavy atom. The molecule has 0 saturated carbocycles. The Kier molecular flexibility index (Phi) is 4.82. The summed E-state index contributed by atoms with van der Waals surface area (Å²) >= 11 is 0. The molecule has 0 aliphatic heterocycles. The minimum atomic E-state index is -0.264. The van der Waals surface area contributed by atoms with E-state index in [9.17, 15) is 5.11 Å². The van der Waals surface area contributed by atoms with Gasteiger partial charge in [-0.2, -0.15) is 0 Å². The average molecular weight is 166 g/mol. The molecule has 1 atom stereocenters. The van der Waals surface area contributed by atoms with Crippen molar-refractivity contribution >= 4 is 0 Å². The first-order valence-electron chi connectivity index (χ1n) is 4.99. The zero-order valence-corrected chi connectivity index (χ0v) is 7.63. The van der Waals surface area contributed by atoms with Crippen LogP contribution in [-0.2, 0) is 0 Å². The van der Waals surface area contributed by atoms with Gasteiger partial charge in [-0.05, 0) is 31.4 Å². The zero-order valence-electron chi connectivity index (χ0n) is 7.63. The van der Waals surface area contributed by atoms with Crippen LogP contribution in [0.1, 0.15) is 44.9 Å². The SMILES string of the molecule is OC1C=C=CCCCCCCC1. The van der Waals surface area contributed by atoms with Crippen LogP contribution in [0, 0.1) is 0 Å². The van der Waals surface area contributed by atoms with Crippen LogP contribution in [0.4, 0.5) is 0 Å². The highest BCUT2D eigenvalue weighted by Crippen LogP contribution is 2.10. The molecular formula is C11H18O. The lowest BCUT2D eigenvalue weighted by Gasteiger charge is -2.02. The highest BCUT2D eigenvalue weighted by Gasteiger charge is 1.98. The van der Waals surface area contributed by atoms with Crippen molar-refractivity contribution in [3.63, 3.8) is 0 Å². The Hall–Kier alpha value is -0.520. The molecular weight excluding hydrogens is 148 g/mol. The van der Waals surface area contributed by atoms with Crippen LogP contribution in [0.5, 0.6) is 0 Å². The number of hydrogen-bond donors (Lipinski definition) is 1. The quantitative estimate of drug-likeness (QED) is 0.549.